The summed E-state index contributed by atoms with van der Waals surface area (Å²) in [5.41, 5.74) is 6.72. The first kappa shape index (κ1) is 32.4. The zero-order chi connectivity index (χ0) is 33.3. The Morgan fingerprint density at radius 1 is 0.625 bits per heavy atom. The van der Waals surface area contributed by atoms with Crippen LogP contribution in [0, 0.1) is 0 Å². The minimum absolute atomic E-state index is 0.259. The summed E-state index contributed by atoms with van der Waals surface area (Å²) in [5, 5.41) is 7.03. The van der Waals surface area contributed by atoms with E-state index in [1.54, 1.807) is 26.4 Å². The molecule has 0 aliphatic heterocycles. The van der Waals surface area contributed by atoms with Crippen molar-refractivity contribution in [3.05, 3.63) is 155 Å². The number of furan rings is 2. The molecule has 2 aliphatic rings. The van der Waals surface area contributed by atoms with Crippen LogP contribution in [0.25, 0.3) is 11.1 Å². The minimum atomic E-state index is -0.381. The molecule has 0 saturated carbocycles. The third-order valence-corrected chi connectivity index (χ3v) is 8.57. The van der Waals surface area contributed by atoms with E-state index < -0.39 is 0 Å². The molecule has 0 amide bonds. The monoisotopic (exact) mass is 644 g/mol. The summed E-state index contributed by atoms with van der Waals surface area (Å²) in [4.78, 5) is 26.9. The zero-order valence-corrected chi connectivity index (χ0v) is 27.2. The second-order valence-corrected chi connectivity index (χ2v) is 11.6. The molecule has 246 valence electrons. The molecule has 8 heteroatoms. The largest absolute Gasteiger partial charge is 0.469 e. The predicted molar refractivity (Wildman–Crippen MR) is 184 cm³/mol. The molecule has 2 aromatic heterocycles. The van der Waals surface area contributed by atoms with Crippen molar-refractivity contribution in [1.29, 1.82) is 0 Å². The van der Waals surface area contributed by atoms with Gasteiger partial charge in [-0.15, -0.1) is 0 Å². The summed E-state index contributed by atoms with van der Waals surface area (Å²) in [7, 11) is 0. The van der Waals surface area contributed by atoms with Crippen LogP contribution < -0.4 is 10.6 Å². The maximum absolute atomic E-state index is 13.5. The highest BCUT2D eigenvalue weighted by Gasteiger charge is 2.35. The van der Waals surface area contributed by atoms with Gasteiger partial charge in [-0.05, 0) is 85.4 Å². The second-order valence-electron chi connectivity index (χ2n) is 11.6. The lowest BCUT2D eigenvalue weighted by atomic mass is 9.81. The number of carbonyl (C=O) groups excluding carboxylic acids is 2. The molecule has 2 atom stereocenters. The Bertz CT molecular complexity index is 1680. The van der Waals surface area contributed by atoms with Gasteiger partial charge in [-0.3, -0.25) is 0 Å². The first-order valence-electron chi connectivity index (χ1n) is 16.5. The van der Waals surface area contributed by atoms with Crippen molar-refractivity contribution >= 4 is 23.1 Å². The Morgan fingerprint density at radius 3 is 1.40 bits per heavy atom. The van der Waals surface area contributed by atoms with Crippen LogP contribution in [0.1, 0.15) is 61.2 Å². The van der Waals surface area contributed by atoms with E-state index in [9.17, 15) is 9.59 Å². The van der Waals surface area contributed by atoms with Crippen LogP contribution in [0.3, 0.4) is 0 Å². The number of nitrogens with one attached hydrogen (secondary N) is 2. The average Bonchev–Trinajstić information content (AvgIpc) is 3.86. The van der Waals surface area contributed by atoms with Gasteiger partial charge in [0, 0.05) is 24.5 Å². The van der Waals surface area contributed by atoms with Gasteiger partial charge in [0.05, 0.1) is 48.7 Å². The van der Waals surface area contributed by atoms with E-state index in [4.69, 9.17) is 18.3 Å². The Labute approximate surface area is 280 Å². The number of ether oxygens (including phenoxy) is 2. The first-order chi connectivity index (χ1) is 23.6. The van der Waals surface area contributed by atoms with Crippen molar-refractivity contribution in [3.63, 3.8) is 0 Å². The van der Waals surface area contributed by atoms with Crippen LogP contribution in [-0.2, 0) is 19.1 Å². The van der Waals surface area contributed by atoms with E-state index in [1.807, 2.05) is 72.8 Å². The van der Waals surface area contributed by atoms with Crippen molar-refractivity contribution in [2.75, 3.05) is 26.3 Å². The first-order valence-corrected chi connectivity index (χ1v) is 16.5. The molecule has 2 aromatic carbocycles. The molecule has 4 aromatic rings. The molecule has 2 N–H and O–H groups in total. The van der Waals surface area contributed by atoms with Crippen molar-refractivity contribution < 1.29 is 27.9 Å². The number of hydrogen-bond acceptors (Lipinski definition) is 8. The summed E-state index contributed by atoms with van der Waals surface area (Å²) in [6, 6.07) is 27.7. The highest BCUT2D eigenvalue weighted by molar-refractivity contribution is 5.95. The van der Waals surface area contributed by atoms with Crippen molar-refractivity contribution in [2.24, 2.45) is 0 Å². The molecule has 0 saturated heterocycles. The molecular weight excluding hydrogens is 604 g/mol. The topological polar surface area (TPSA) is 103 Å². The fraction of sp³-hybridized carbons (Fsp3) is 0.250. The lowest BCUT2D eigenvalue weighted by Gasteiger charge is -2.28. The summed E-state index contributed by atoms with van der Waals surface area (Å²) in [5.74, 6) is -0.00624. The Morgan fingerprint density at radius 2 is 1.04 bits per heavy atom. The predicted octanol–water partition coefficient (Wildman–Crippen LogP) is 7.53. The smallest absolute Gasteiger partial charge is 0.336 e. The lowest BCUT2D eigenvalue weighted by Crippen LogP contribution is -2.32. The van der Waals surface area contributed by atoms with Gasteiger partial charge in [-0.2, -0.15) is 0 Å². The Hall–Kier alpha value is -5.50. The molecule has 8 nitrogen and oxygen atoms in total. The minimum Gasteiger partial charge on any atom is -0.469 e. The van der Waals surface area contributed by atoms with Crippen LogP contribution in [0.5, 0.6) is 0 Å². The van der Waals surface area contributed by atoms with Crippen molar-refractivity contribution in [3.8, 4) is 0 Å². The molecule has 0 bridgehead atoms. The number of rotatable bonds is 13. The van der Waals surface area contributed by atoms with Crippen molar-refractivity contribution in [2.45, 2.75) is 38.5 Å². The van der Waals surface area contributed by atoms with E-state index >= 15 is 0 Å². The Kier molecular flexibility index (Phi) is 10.4. The Balaban J connectivity index is 1.32. The number of benzene rings is 2. The molecule has 6 rings (SSSR count). The number of esters is 2. The van der Waals surface area contributed by atoms with E-state index in [0.717, 1.165) is 22.3 Å². The maximum atomic E-state index is 13.5. The fourth-order valence-electron chi connectivity index (χ4n) is 6.42. The average molecular weight is 645 g/mol. The fourth-order valence-corrected chi connectivity index (χ4v) is 6.42. The van der Waals surface area contributed by atoms with E-state index in [1.165, 1.54) is 0 Å². The van der Waals surface area contributed by atoms with Gasteiger partial charge in [0.15, 0.2) is 0 Å². The van der Waals surface area contributed by atoms with E-state index in [-0.39, 0.29) is 37.0 Å². The van der Waals surface area contributed by atoms with Gasteiger partial charge in [0.2, 0.25) is 0 Å². The lowest BCUT2D eigenvalue weighted by molar-refractivity contribution is -0.139. The van der Waals surface area contributed by atoms with Gasteiger partial charge >= 0.3 is 11.9 Å². The second kappa shape index (κ2) is 15.4. The quantitative estimate of drug-likeness (QED) is 0.114. The van der Waals surface area contributed by atoms with E-state index in [2.05, 4.69) is 34.9 Å². The maximum Gasteiger partial charge on any atom is 0.336 e. The normalized spacial score (nSPS) is 17.8. The third-order valence-electron chi connectivity index (χ3n) is 8.57. The standard InChI is InChI=1S/C40H40N2O6/c1-3-45-39(43)37-31(35-17-11-21-47-35)23-29(27-13-7-5-8-14-27)25-33(37)41-19-20-42-34-26-30(28-15-9-6-10-16-28)24-32(36-18-12-22-48-36)38(34)40(44)46-4-2/h5-18,21-22,25-26,31-32,41-42H,3-4,19-20,23-24H2,1-2H3/t31-,32+. The molecule has 2 heterocycles. The van der Waals surface area contributed by atoms with Crippen LogP contribution in [0.2, 0.25) is 0 Å². The van der Waals surface area contributed by atoms with Crippen LogP contribution in [0.15, 0.2) is 141 Å². The molecule has 2 aliphatic carbocycles. The molecule has 0 spiro atoms. The summed E-state index contributed by atoms with van der Waals surface area (Å²) >= 11 is 0. The van der Waals surface area contributed by atoms with Crippen molar-refractivity contribution in [1.82, 2.24) is 10.6 Å². The summed E-state index contributed by atoms with van der Waals surface area (Å²) in [6.45, 7) is 5.02. The van der Waals surface area contributed by atoms with Gasteiger partial charge in [-0.1, -0.05) is 60.7 Å². The number of allylic oxidation sites excluding steroid dienone is 4. The van der Waals surface area contributed by atoms with Gasteiger partial charge in [0.25, 0.3) is 0 Å². The highest BCUT2D eigenvalue weighted by atomic mass is 16.5. The molecule has 0 radical (unpaired) electrons. The molecule has 0 fully saturated rings. The molecule has 48 heavy (non-hydrogen) atoms. The highest BCUT2D eigenvalue weighted by Crippen LogP contribution is 2.42. The number of carbonyl (C=O) groups is 2. The molecular formula is C40H40N2O6. The molecule has 0 unspecified atom stereocenters. The zero-order valence-electron chi connectivity index (χ0n) is 27.2. The van der Waals surface area contributed by atoms with Gasteiger partial charge in [0.1, 0.15) is 11.5 Å². The van der Waals surface area contributed by atoms with E-state index in [0.29, 0.717) is 60.0 Å². The van der Waals surface area contributed by atoms with Gasteiger partial charge < -0.3 is 28.9 Å². The summed E-state index contributed by atoms with van der Waals surface area (Å²) < 4.78 is 22.8. The third kappa shape index (κ3) is 7.23. The number of hydrogen-bond donors (Lipinski definition) is 2. The summed E-state index contributed by atoms with van der Waals surface area (Å²) in [6.07, 6.45) is 8.50. The van der Waals surface area contributed by atoms with Gasteiger partial charge in [-0.25, -0.2) is 9.59 Å². The van der Waals surface area contributed by atoms with Crippen LogP contribution in [0.4, 0.5) is 0 Å². The van der Waals surface area contributed by atoms with Crippen LogP contribution >= 0.6 is 0 Å². The van der Waals surface area contributed by atoms with Crippen LogP contribution in [-0.4, -0.2) is 38.2 Å². The SMILES string of the molecule is CCOC(=O)C1=C(NCCNC2=C(C(=O)OCC)[C@@H](c3ccco3)CC(c3ccccc3)=C2)C=C(c2ccccc2)C[C@H]1c1ccco1.